The molecule has 0 aliphatic carbocycles. The molecule has 0 aliphatic heterocycles. The molecule has 1 aromatic heterocycles. The minimum absolute atomic E-state index is 0.0483. The average molecular weight is 584 g/mol. The molecule has 226 valence electrons. The van der Waals surface area contributed by atoms with Crippen LogP contribution in [0.2, 0.25) is 0 Å². The number of allylic oxidation sites excluding steroid dienone is 3. The maximum absolute atomic E-state index is 12.9. The van der Waals surface area contributed by atoms with E-state index in [0.717, 1.165) is 34.2 Å². The lowest BCUT2D eigenvalue weighted by Gasteiger charge is -2.24. The maximum atomic E-state index is 12.9. The van der Waals surface area contributed by atoms with Crippen molar-refractivity contribution in [2.45, 2.75) is 68.7 Å². The molecule has 5 aromatic rings. The Morgan fingerprint density at radius 2 is 1.45 bits per heavy atom. The second kappa shape index (κ2) is 12.0. The molecule has 0 fully saturated rings. The van der Waals surface area contributed by atoms with Crippen LogP contribution in [0.3, 0.4) is 0 Å². The highest BCUT2D eigenvalue weighted by Crippen LogP contribution is 2.38. The van der Waals surface area contributed by atoms with E-state index in [9.17, 15) is 4.79 Å². The summed E-state index contributed by atoms with van der Waals surface area (Å²) in [6.45, 7) is 18.6. The number of benzene rings is 4. The summed E-state index contributed by atoms with van der Waals surface area (Å²) in [7, 11) is 0. The van der Waals surface area contributed by atoms with E-state index in [1.165, 1.54) is 32.5 Å². The topological polar surface area (TPSA) is 39.2 Å². The van der Waals surface area contributed by atoms with E-state index in [1.54, 1.807) is 12.3 Å². The van der Waals surface area contributed by atoms with Crippen LogP contribution < -0.4 is 0 Å². The molecular formula is C41H45NO2. The van der Waals surface area contributed by atoms with E-state index < -0.39 is 5.41 Å². The number of nitrogens with zero attached hydrogens (tertiary/aromatic N) is 1. The highest BCUT2D eigenvalue weighted by atomic mass is 16.5. The Morgan fingerprint density at radius 1 is 0.795 bits per heavy atom. The minimum Gasteiger partial charge on any atom is -0.468 e. The third-order valence-electron chi connectivity index (χ3n) is 8.18. The first-order valence-corrected chi connectivity index (χ1v) is 15.7. The quantitative estimate of drug-likeness (QED) is 0.109. The molecule has 0 atom stereocenters. The molecule has 0 unspecified atom stereocenters. The van der Waals surface area contributed by atoms with Crippen LogP contribution in [0.15, 0.2) is 97.1 Å². The summed E-state index contributed by atoms with van der Waals surface area (Å²) < 4.78 is 6.32. The van der Waals surface area contributed by atoms with E-state index in [4.69, 9.17) is 9.72 Å². The van der Waals surface area contributed by atoms with Crippen molar-refractivity contribution in [2.75, 3.05) is 0 Å². The average Bonchev–Trinajstić information content (AvgIpc) is 2.96. The number of ketones is 1. The standard InChI is InChI=1S/C41H45NO2/c1-26(2)22-28-14-16-30(27(3)25-44-38(41(7,8)9)24-37(43)40(4,5)6)36(23-28)39-35-19-18-32-31-13-11-10-12-29(31)15-17-33(32)34(35)20-21-42-39/h10-21,23-26H,22H2,1-9H3/b27-25?,38-24-. The molecule has 0 aliphatic rings. The number of hydrogen-bond acceptors (Lipinski definition) is 3. The van der Waals surface area contributed by atoms with Gasteiger partial charge in [-0.25, -0.2) is 0 Å². The Labute approximate surface area is 262 Å². The first kappa shape index (κ1) is 31.2. The van der Waals surface area contributed by atoms with Crippen molar-refractivity contribution in [1.29, 1.82) is 0 Å². The first-order chi connectivity index (χ1) is 20.7. The van der Waals surface area contributed by atoms with Gasteiger partial charge < -0.3 is 4.74 Å². The van der Waals surface area contributed by atoms with Crippen LogP contribution in [0, 0.1) is 16.7 Å². The van der Waals surface area contributed by atoms with Gasteiger partial charge in [0.25, 0.3) is 0 Å². The van der Waals surface area contributed by atoms with E-state index in [2.05, 4.69) is 114 Å². The van der Waals surface area contributed by atoms with Gasteiger partial charge in [-0.1, -0.05) is 116 Å². The van der Waals surface area contributed by atoms with Crippen LogP contribution in [0.4, 0.5) is 0 Å². The van der Waals surface area contributed by atoms with E-state index in [1.807, 2.05) is 27.0 Å². The van der Waals surface area contributed by atoms with Gasteiger partial charge in [-0.2, -0.15) is 0 Å². The number of pyridine rings is 1. The van der Waals surface area contributed by atoms with Crippen LogP contribution in [0.1, 0.15) is 73.4 Å². The highest BCUT2D eigenvalue weighted by Gasteiger charge is 2.25. The first-order valence-electron chi connectivity index (χ1n) is 15.7. The largest absolute Gasteiger partial charge is 0.468 e. The third-order valence-corrected chi connectivity index (χ3v) is 8.18. The zero-order valence-electron chi connectivity index (χ0n) is 27.7. The van der Waals surface area contributed by atoms with Crippen molar-refractivity contribution in [1.82, 2.24) is 4.98 Å². The van der Waals surface area contributed by atoms with Crippen molar-refractivity contribution in [3.8, 4) is 11.3 Å². The monoisotopic (exact) mass is 583 g/mol. The third kappa shape index (κ3) is 6.48. The van der Waals surface area contributed by atoms with Crippen molar-refractivity contribution in [3.63, 3.8) is 0 Å². The van der Waals surface area contributed by atoms with Crippen LogP contribution in [-0.2, 0) is 16.0 Å². The normalized spacial score (nSPS) is 13.3. The second-order valence-corrected chi connectivity index (χ2v) is 14.5. The molecule has 5 rings (SSSR count). The summed E-state index contributed by atoms with van der Waals surface area (Å²) in [5.74, 6) is 1.23. The smallest absolute Gasteiger partial charge is 0.164 e. The van der Waals surface area contributed by atoms with E-state index >= 15 is 0 Å². The van der Waals surface area contributed by atoms with Gasteiger partial charge in [-0.05, 0) is 75.0 Å². The SMILES string of the molecule is CC(=CO/C(=C\C(=O)C(C)(C)C)C(C)(C)C)c1ccc(CC(C)C)cc1-c1nccc2c1ccc1c3ccccc3ccc21. The Bertz CT molecular complexity index is 1930. The van der Waals surface area contributed by atoms with Gasteiger partial charge in [0.1, 0.15) is 5.76 Å². The predicted molar refractivity (Wildman–Crippen MR) is 187 cm³/mol. The molecule has 44 heavy (non-hydrogen) atoms. The van der Waals surface area contributed by atoms with Gasteiger partial charge in [0, 0.05) is 34.1 Å². The fraction of sp³-hybridized carbons (Fsp3) is 0.317. The zero-order valence-corrected chi connectivity index (χ0v) is 27.7. The Kier molecular flexibility index (Phi) is 8.53. The maximum Gasteiger partial charge on any atom is 0.164 e. The summed E-state index contributed by atoms with van der Waals surface area (Å²) in [6.07, 6.45) is 6.37. The van der Waals surface area contributed by atoms with Gasteiger partial charge in [0.15, 0.2) is 5.78 Å². The van der Waals surface area contributed by atoms with Gasteiger partial charge in [-0.15, -0.1) is 0 Å². The molecule has 0 spiro atoms. The number of fused-ring (bicyclic) bond motifs is 5. The fourth-order valence-electron chi connectivity index (χ4n) is 5.68. The Hall–Kier alpha value is -4.24. The van der Waals surface area contributed by atoms with Gasteiger partial charge in [0.2, 0.25) is 0 Å². The number of hydrogen-bond donors (Lipinski definition) is 0. The lowest BCUT2D eigenvalue weighted by molar-refractivity contribution is -0.121. The summed E-state index contributed by atoms with van der Waals surface area (Å²) >= 11 is 0. The molecular weight excluding hydrogens is 538 g/mol. The van der Waals surface area contributed by atoms with Crippen LogP contribution in [-0.4, -0.2) is 10.8 Å². The summed E-state index contributed by atoms with van der Waals surface area (Å²) in [5, 5.41) is 7.29. The number of rotatable bonds is 7. The summed E-state index contributed by atoms with van der Waals surface area (Å²) in [5.41, 5.74) is 4.55. The minimum atomic E-state index is -0.478. The van der Waals surface area contributed by atoms with Gasteiger partial charge in [-0.3, -0.25) is 9.78 Å². The molecule has 3 heteroatoms. The molecule has 3 nitrogen and oxygen atoms in total. The van der Waals surface area contributed by atoms with E-state index in [-0.39, 0.29) is 11.2 Å². The molecule has 1 heterocycles. The Morgan fingerprint density at radius 3 is 2.16 bits per heavy atom. The molecule has 0 amide bonds. The molecule has 0 bridgehead atoms. The molecule has 4 aromatic carbocycles. The fourth-order valence-corrected chi connectivity index (χ4v) is 5.68. The van der Waals surface area contributed by atoms with E-state index in [0.29, 0.717) is 11.7 Å². The summed E-state index contributed by atoms with van der Waals surface area (Å²) in [6, 6.07) is 26.3. The lowest BCUT2D eigenvalue weighted by atomic mass is 9.86. The highest BCUT2D eigenvalue weighted by molar-refractivity contribution is 6.19. The van der Waals surface area contributed by atoms with Crippen molar-refractivity contribution in [2.24, 2.45) is 16.7 Å². The molecule has 0 saturated heterocycles. The number of ether oxygens (including phenoxy) is 1. The van der Waals surface area contributed by atoms with Crippen molar-refractivity contribution in [3.05, 3.63) is 108 Å². The molecule has 0 N–H and O–H groups in total. The number of carbonyl (C=O) groups excluding carboxylic acids is 1. The van der Waals surface area contributed by atoms with Gasteiger partial charge in [0.05, 0.1) is 12.0 Å². The lowest BCUT2D eigenvalue weighted by Crippen LogP contribution is -2.21. The van der Waals surface area contributed by atoms with Crippen molar-refractivity contribution < 1.29 is 9.53 Å². The zero-order chi connectivity index (χ0) is 31.8. The molecule has 0 radical (unpaired) electrons. The van der Waals surface area contributed by atoms with Crippen molar-refractivity contribution >= 4 is 43.7 Å². The predicted octanol–water partition coefficient (Wildman–Crippen LogP) is 11.3. The van der Waals surface area contributed by atoms with Crippen LogP contribution >= 0.6 is 0 Å². The van der Waals surface area contributed by atoms with Crippen LogP contribution in [0.25, 0.3) is 49.1 Å². The summed E-state index contributed by atoms with van der Waals surface area (Å²) in [4.78, 5) is 17.9. The molecule has 0 saturated carbocycles. The Balaban J connectivity index is 1.66. The number of aromatic nitrogens is 1. The number of carbonyl (C=O) groups is 1. The second-order valence-electron chi connectivity index (χ2n) is 14.5. The van der Waals surface area contributed by atoms with Gasteiger partial charge >= 0.3 is 0 Å². The van der Waals surface area contributed by atoms with Crippen LogP contribution in [0.5, 0.6) is 0 Å².